The number of likely N-dealkylation sites (tertiary alicyclic amines) is 1. The number of nitrogens with one attached hydrogen (secondary N) is 8. The van der Waals surface area contributed by atoms with Gasteiger partial charge < -0.3 is 80.6 Å². The number of likely N-dealkylation sites (N-methyl/N-ethyl adjacent to an activating group) is 1. The maximum atomic E-state index is 14.9. The molecular weight excluding hydrogens is 1350 g/mol. The molecule has 32 nitrogen and oxygen atoms in total. The highest BCUT2D eigenvalue weighted by molar-refractivity contribution is 8.00. The minimum absolute atomic E-state index is 0.00509. The topological polar surface area (TPSA) is 520 Å². The molecule has 35 heteroatoms. The number of carbonyl (C=O) groups is 16. The van der Waals surface area contributed by atoms with Crippen LogP contribution in [0, 0.1) is 17.8 Å². The van der Waals surface area contributed by atoms with Crippen molar-refractivity contribution in [2.45, 2.75) is 178 Å². The largest absolute Gasteiger partial charge is 0.508 e. The highest BCUT2D eigenvalue weighted by atomic mass is 32.2. The van der Waals surface area contributed by atoms with Gasteiger partial charge in [-0.1, -0.05) is 52.7 Å². The molecule has 552 valence electrons. The van der Waals surface area contributed by atoms with Crippen LogP contribution in [0.2, 0.25) is 0 Å². The zero-order valence-corrected chi connectivity index (χ0v) is 59.5. The number of nitrogens with two attached hydrogens (primary N) is 4. The van der Waals surface area contributed by atoms with Gasteiger partial charge in [-0.25, -0.2) is 0 Å². The Morgan fingerprint density at radius 3 is 1.99 bits per heavy atom. The van der Waals surface area contributed by atoms with Crippen molar-refractivity contribution in [1.29, 1.82) is 0 Å². The van der Waals surface area contributed by atoms with E-state index in [0.29, 0.717) is 5.56 Å². The second-order valence-electron chi connectivity index (χ2n) is 25.4. The van der Waals surface area contributed by atoms with Crippen LogP contribution in [0.4, 0.5) is 0 Å². The molecule has 3 rings (SSSR count). The summed E-state index contributed by atoms with van der Waals surface area (Å²) in [6.07, 6.45) is -0.715. The van der Waals surface area contributed by atoms with Crippen molar-refractivity contribution in [3.05, 3.63) is 29.8 Å². The molecule has 0 unspecified atom stereocenters. The van der Waals surface area contributed by atoms with Crippen molar-refractivity contribution in [2.75, 3.05) is 68.2 Å². The summed E-state index contributed by atoms with van der Waals surface area (Å²) in [4.78, 5) is 219. The van der Waals surface area contributed by atoms with Crippen molar-refractivity contribution in [3.63, 3.8) is 0 Å². The fourth-order valence-electron chi connectivity index (χ4n) is 10.6. The van der Waals surface area contributed by atoms with Crippen LogP contribution >= 0.6 is 35.3 Å². The molecule has 99 heavy (non-hydrogen) atoms. The standard InChI is InChI=1S/C64H100N14O18S3/c1-7-36(4)54-62(93)71-44(20-21-51(66)83)57(88)72-47(27-52(67)84)58(89)75-48(63(94)78-23-11-15-49(78)60(91)73-45(24-35(2)3)56(87)70-28-53(68)85)33-98-30-40(80)13-9-8-12-38(55(86)69-22-10-14-41(81)29-97-32-43(65)64(95)96)26-42(82)31-99-34-50(77(5)6)61(92)74-46(59(90)76-54)25-37-16-18-39(79)19-17-37/h16-19,35-36,38,43-50,54,79H,7-15,20-34,65H2,1-6H3,(H2,66,83)(H2,67,84)(H2,68,85)(H,69,86)(H,70,87)(H,71,93)(H,72,88)(H,73,91)(H,74,92)(H,75,89)(H,76,90)(H,95,96)/t36-,38-,43-,44-,45-,46-,47-,48-,49-,50-,54-/m0/s1. The molecule has 0 aliphatic carbocycles. The number of rotatable bonds is 28. The van der Waals surface area contributed by atoms with Gasteiger partial charge in [0.1, 0.15) is 71.4 Å². The van der Waals surface area contributed by atoms with Gasteiger partial charge >= 0.3 is 5.97 Å². The Labute approximate surface area is 588 Å². The van der Waals surface area contributed by atoms with Gasteiger partial charge in [0.2, 0.25) is 70.9 Å². The molecule has 1 aromatic rings. The first kappa shape index (κ1) is 85.3. The SMILES string of the molecule is CC[C@H](C)[C@@H]1NC(=O)[C@H](Cc2ccc(O)cc2)NC(=O)[C@@H](N(C)C)CSCC(=O)C[C@@H](C(=O)NCCCC(=O)CSC[C@H](N)C(=O)O)CCCCC(=O)CSC[C@@H](C(=O)N2CCC[C@H]2C(=O)N[C@@H](CC(C)C)C(=O)NCC(N)=O)NC(=O)[C@H](CC(N)=O)NC(=O)[C@H](CCC(N)=O)NC1=O. The molecule has 0 spiro atoms. The number of phenolic OH excluding ortho intramolecular Hbond substituents is 1. The van der Waals surface area contributed by atoms with Crippen LogP contribution in [0.3, 0.4) is 0 Å². The summed E-state index contributed by atoms with van der Waals surface area (Å²) < 4.78 is 0. The molecule has 2 fully saturated rings. The van der Waals surface area contributed by atoms with Crippen LogP contribution in [0.1, 0.15) is 123 Å². The van der Waals surface area contributed by atoms with E-state index in [1.165, 1.54) is 29.2 Å². The predicted molar refractivity (Wildman–Crippen MR) is 370 cm³/mol. The smallest absolute Gasteiger partial charge is 0.321 e. The zero-order chi connectivity index (χ0) is 74.1. The normalized spacial score (nSPS) is 22.8. The molecule has 0 aromatic heterocycles. The first-order valence-corrected chi connectivity index (χ1v) is 36.4. The first-order valence-electron chi connectivity index (χ1n) is 32.9. The van der Waals surface area contributed by atoms with E-state index in [9.17, 15) is 81.8 Å². The van der Waals surface area contributed by atoms with E-state index < -0.39 is 169 Å². The lowest BCUT2D eigenvalue weighted by Gasteiger charge is -2.31. The minimum Gasteiger partial charge on any atom is -0.508 e. The number of Topliss-reactive ketones (excluding diaryl/α,β-unsaturated/α-hetero) is 3. The monoisotopic (exact) mass is 1450 g/mol. The Balaban J connectivity index is 2.12. The Morgan fingerprint density at radius 1 is 0.727 bits per heavy atom. The third-order valence-corrected chi connectivity index (χ3v) is 19.6. The highest BCUT2D eigenvalue weighted by Crippen LogP contribution is 2.23. The highest BCUT2D eigenvalue weighted by Gasteiger charge is 2.41. The molecule has 2 heterocycles. The molecular formula is C64H100N14O18S3. The molecule has 18 N–H and O–H groups in total. The molecule has 11 atom stereocenters. The van der Waals surface area contributed by atoms with Gasteiger partial charge in [0.15, 0.2) is 0 Å². The maximum Gasteiger partial charge on any atom is 0.321 e. The molecule has 2 aliphatic rings. The number of nitrogens with zero attached hydrogens (tertiary/aromatic N) is 2. The summed E-state index contributed by atoms with van der Waals surface area (Å²) in [6, 6.07) is -6.80. The molecule has 1 aromatic carbocycles. The Morgan fingerprint density at radius 2 is 1.36 bits per heavy atom. The summed E-state index contributed by atoms with van der Waals surface area (Å²) in [7, 11) is 3.21. The Bertz CT molecular complexity index is 3000. The third-order valence-electron chi connectivity index (χ3n) is 16.3. The molecule has 12 amide bonds. The average Bonchev–Trinajstić information content (AvgIpc) is 1.76. The number of carboxylic acid groups (broad SMARTS) is 1. The van der Waals surface area contributed by atoms with Crippen molar-refractivity contribution in [2.24, 2.45) is 40.7 Å². The predicted octanol–water partition coefficient (Wildman–Crippen LogP) is -2.61. The van der Waals surface area contributed by atoms with Gasteiger partial charge in [-0.15, -0.1) is 0 Å². The van der Waals surface area contributed by atoms with E-state index in [0.717, 1.165) is 35.3 Å². The maximum absolute atomic E-state index is 14.9. The second-order valence-corrected chi connectivity index (χ2v) is 28.4. The van der Waals surface area contributed by atoms with Crippen LogP contribution in [-0.2, 0) is 83.1 Å². The van der Waals surface area contributed by atoms with Gasteiger partial charge in [-0.3, -0.25) is 81.6 Å². The fourth-order valence-corrected chi connectivity index (χ4v) is 13.6. The van der Waals surface area contributed by atoms with Gasteiger partial charge in [-0.2, -0.15) is 35.3 Å². The number of aromatic hydroxyl groups is 1. The second kappa shape index (κ2) is 44.3. The third kappa shape index (κ3) is 31.9. The van der Waals surface area contributed by atoms with Crippen LogP contribution in [0.15, 0.2) is 24.3 Å². The summed E-state index contributed by atoms with van der Waals surface area (Å²) in [5.74, 6) is -15.1. The molecule has 0 radical (unpaired) electrons. The van der Waals surface area contributed by atoms with E-state index in [-0.39, 0.29) is 154 Å². The fraction of sp³-hybridized carbons (Fsp3) is 0.656. The van der Waals surface area contributed by atoms with Crippen molar-refractivity contribution >= 4 is 129 Å². The number of primary amides is 3. The number of hydrogen-bond acceptors (Lipinski definition) is 22. The summed E-state index contributed by atoms with van der Waals surface area (Å²) in [5.41, 5.74) is 22.4. The molecule has 2 saturated heterocycles. The van der Waals surface area contributed by atoms with E-state index in [1.54, 1.807) is 46.7 Å². The van der Waals surface area contributed by atoms with Crippen molar-refractivity contribution in [1.82, 2.24) is 52.3 Å². The van der Waals surface area contributed by atoms with Crippen molar-refractivity contribution < 1.29 is 86.9 Å². The summed E-state index contributed by atoms with van der Waals surface area (Å²) in [6.45, 7) is 6.41. The number of aliphatic carboxylic acids is 1. The summed E-state index contributed by atoms with van der Waals surface area (Å²) >= 11 is 3.08. The Kier molecular flexibility index (Phi) is 38.2. The van der Waals surface area contributed by atoms with Crippen LogP contribution in [0.5, 0.6) is 5.75 Å². The lowest BCUT2D eigenvalue weighted by atomic mass is 9.94. The van der Waals surface area contributed by atoms with E-state index in [2.05, 4.69) is 42.5 Å². The van der Waals surface area contributed by atoms with Crippen molar-refractivity contribution in [3.8, 4) is 5.75 Å². The van der Waals surface area contributed by atoms with E-state index >= 15 is 0 Å². The quantitative estimate of drug-likeness (QED) is 0.0382. The summed E-state index contributed by atoms with van der Waals surface area (Å²) in [5, 5.41) is 40.0. The number of phenols is 1. The number of thioether (sulfide) groups is 3. The average molecular weight is 1450 g/mol. The van der Waals surface area contributed by atoms with Gasteiger partial charge in [-0.05, 0) is 88.6 Å². The number of ketones is 3. The van der Waals surface area contributed by atoms with Crippen LogP contribution in [-0.4, -0.2) is 237 Å². The number of amides is 12. The number of carboxylic acids is 1. The number of benzene rings is 1. The first-order chi connectivity index (χ1) is 46.7. The van der Waals surface area contributed by atoms with E-state index in [4.69, 9.17) is 28.0 Å². The Hall–Kier alpha value is -7.89. The lowest BCUT2D eigenvalue weighted by Crippen LogP contribution is -2.61. The van der Waals surface area contributed by atoms with Gasteiger partial charge in [0.25, 0.3) is 0 Å². The molecule has 0 bridgehead atoms. The minimum atomic E-state index is -1.89. The van der Waals surface area contributed by atoms with Gasteiger partial charge in [0.05, 0.1) is 36.3 Å². The van der Waals surface area contributed by atoms with Crippen LogP contribution < -0.4 is 65.5 Å². The van der Waals surface area contributed by atoms with E-state index in [1.807, 2.05) is 0 Å². The lowest BCUT2D eigenvalue weighted by molar-refractivity contribution is -0.142. The van der Waals surface area contributed by atoms with Gasteiger partial charge in [0, 0.05) is 68.4 Å². The molecule has 2 aliphatic heterocycles. The molecule has 0 saturated carbocycles. The zero-order valence-electron chi connectivity index (χ0n) is 57.1. The number of hydrogen-bond donors (Lipinski definition) is 14. The number of carbonyl (C=O) groups excluding carboxylic acids is 15. The van der Waals surface area contributed by atoms with Crippen LogP contribution in [0.25, 0.3) is 0 Å².